The summed E-state index contributed by atoms with van der Waals surface area (Å²) in [5, 5.41) is 2.51. The fourth-order valence-electron chi connectivity index (χ4n) is 12.5. The second-order valence-electron chi connectivity index (χ2n) is 19.6. The zero-order chi connectivity index (χ0) is 46.6. The minimum atomic E-state index is -0.573. The summed E-state index contributed by atoms with van der Waals surface area (Å²) in [5.74, 6) is 0. The summed E-state index contributed by atoms with van der Waals surface area (Å²) in [4.78, 5) is 4.98. The van der Waals surface area contributed by atoms with Crippen LogP contribution in [0.4, 0.5) is 34.1 Å². The average Bonchev–Trinajstić information content (AvgIpc) is 3.85. The van der Waals surface area contributed by atoms with Crippen molar-refractivity contribution < 1.29 is 0 Å². The van der Waals surface area contributed by atoms with Crippen LogP contribution in [0.1, 0.15) is 47.2 Å². The molecule has 11 aromatic carbocycles. The zero-order valence-corrected chi connectivity index (χ0v) is 39.1. The lowest BCUT2D eigenvalue weighted by atomic mass is 9.64. The molecule has 0 radical (unpaired) electrons. The zero-order valence-electron chi connectivity index (χ0n) is 39.1. The first-order valence-electron chi connectivity index (χ1n) is 24.5. The van der Waals surface area contributed by atoms with E-state index in [2.05, 4.69) is 278 Å². The Balaban J connectivity index is 0.956. The van der Waals surface area contributed by atoms with E-state index >= 15 is 0 Å². The molecule has 0 saturated heterocycles. The van der Waals surface area contributed by atoms with Crippen molar-refractivity contribution in [3.8, 4) is 44.5 Å². The van der Waals surface area contributed by atoms with Crippen molar-refractivity contribution in [3.05, 3.63) is 288 Å². The molecule has 0 aromatic heterocycles. The van der Waals surface area contributed by atoms with Gasteiger partial charge < -0.3 is 9.80 Å². The number of fused-ring (bicyclic) bond motifs is 13. The van der Waals surface area contributed by atoms with Gasteiger partial charge in [0.05, 0.1) is 22.5 Å². The first kappa shape index (κ1) is 40.4. The minimum absolute atomic E-state index is 0.161. The van der Waals surface area contributed by atoms with Crippen molar-refractivity contribution >= 4 is 44.9 Å². The smallest absolute Gasteiger partial charge is 0.0755 e. The maximum Gasteiger partial charge on any atom is 0.0755 e. The van der Waals surface area contributed by atoms with Crippen molar-refractivity contribution in [1.82, 2.24) is 0 Å². The van der Waals surface area contributed by atoms with Gasteiger partial charge in [-0.3, -0.25) is 0 Å². The average molecular weight is 893 g/mol. The fourth-order valence-corrected chi connectivity index (χ4v) is 12.5. The van der Waals surface area contributed by atoms with E-state index in [-0.39, 0.29) is 5.41 Å². The molecule has 0 fully saturated rings. The minimum Gasteiger partial charge on any atom is -0.310 e. The van der Waals surface area contributed by atoms with E-state index in [9.17, 15) is 0 Å². The predicted molar refractivity (Wildman–Crippen MR) is 293 cm³/mol. The molecule has 11 aromatic rings. The Kier molecular flexibility index (Phi) is 8.88. The summed E-state index contributed by atoms with van der Waals surface area (Å²) < 4.78 is 0. The number of benzene rings is 11. The molecule has 1 aliphatic heterocycles. The normalized spacial score (nSPS) is 14.1. The van der Waals surface area contributed by atoms with Crippen LogP contribution in [0.25, 0.3) is 55.3 Å². The molecule has 0 bridgehead atoms. The van der Waals surface area contributed by atoms with Crippen LogP contribution >= 0.6 is 0 Å². The van der Waals surface area contributed by atoms with E-state index < -0.39 is 5.41 Å². The highest BCUT2D eigenvalue weighted by Crippen LogP contribution is 2.65. The van der Waals surface area contributed by atoms with E-state index in [1.54, 1.807) is 0 Å². The number of anilines is 6. The van der Waals surface area contributed by atoms with Gasteiger partial charge in [-0.15, -0.1) is 0 Å². The second-order valence-corrected chi connectivity index (χ2v) is 19.6. The number of rotatable bonds is 6. The van der Waals surface area contributed by atoms with Gasteiger partial charge in [0.25, 0.3) is 0 Å². The molecule has 0 N–H and O–H groups in total. The summed E-state index contributed by atoms with van der Waals surface area (Å²) in [7, 11) is 0. The third-order valence-corrected chi connectivity index (χ3v) is 15.7. The largest absolute Gasteiger partial charge is 0.310 e. The maximum atomic E-state index is 2.53. The van der Waals surface area contributed by atoms with Crippen LogP contribution in [0, 0.1) is 0 Å². The summed E-state index contributed by atoms with van der Waals surface area (Å²) in [6.07, 6.45) is 0. The molecule has 3 aliphatic rings. The van der Waals surface area contributed by atoms with Crippen molar-refractivity contribution in [1.29, 1.82) is 0 Å². The Morgan fingerprint density at radius 3 is 1.56 bits per heavy atom. The molecule has 2 nitrogen and oxygen atoms in total. The van der Waals surface area contributed by atoms with E-state index in [1.807, 2.05) is 0 Å². The summed E-state index contributed by atoms with van der Waals surface area (Å²) >= 11 is 0. The third-order valence-electron chi connectivity index (χ3n) is 15.7. The Hall–Kier alpha value is -8.72. The molecule has 70 heavy (non-hydrogen) atoms. The van der Waals surface area contributed by atoms with Gasteiger partial charge in [0.2, 0.25) is 0 Å². The first-order valence-corrected chi connectivity index (χ1v) is 24.5. The highest BCUT2D eigenvalue weighted by molar-refractivity contribution is 6.02. The van der Waals surface area contributed by atoms with Crippen LogP contribution < -0.4 is 9.80 Å². The van der Waals surface area contributed by atoms with Crippen LogP contribution in [-0.4, -0.2) is 0 Å². The highest BCUT2D eigenvalue weighted by Gasteiger charge is 2.52. The van der Waals surface area contributed by atoms with Crippen LogP contribution in [0.2, 0.25) is 0 Å². The first-order chi connectivity index (χ1) is 34.5. The van der Waals surface area contributed by atoms with Crippen molar-refractivity contribution in [2.75, 3.05) is 9.80 Å². The van der Waals surface area contributed by atoms with Gasteiger partial charge in [0, 0.05) is 28.0 Å². The van der Waals surface area contributed by atoms with Gasteiger partial charge in [0.1, 0.15) is 0 Å². The molecule has 2 heteroatoms. The highest BCUT2D eigenvalue weighted by atomic mass is 15.2. The molecule has 14 rings (SSSR count). The summed E-state index contributed by atoms with van der Waals surface area (Å²) in [5.41, 5.74) is 24.0. The fraction of sp³-hybridized carbons (Fsp3) is 0.0588. The molecule has 1 heterocycles. The number of hydrogen-bond donors (Lipinski definition) is 0. The molecule has 0 unspecified atom stereocenters. The molecule has 1 spiro atoms. The quantitative estimate of drug-likeness (QED) is 0.164. The molecule has 0 atom stereocenters. The maximum absolute atomic E-state index is 2.53. The topological polar surface area (TPSA) is 6.48 Å². The Morgan fingerprint density at radius 2 is 0.843 bits per heavy atom. The Bertz CT molecular complexity index is 3820. The lowest BCUT2D eigenvalue weighted by molar-refractivity contribution is 0.660. The van der Waals surface area contributed by atoms with Crippen molar-refractivity contribution in [3.63, 3.8) is 0 Å². The summed E-state index contributed by atoms with van der Waals surface area (Å²) in [6, 6.07) is 94.9. The Morgan fingerprint density at radius 1 is 0.329 bits per heavy atom. The van der Waals surface area contributed by atoms with E-state index in [0.29, 0.717) is 0 Å². The third kappa shape index (κ3) is 5.80. The second kappa shape index (κ2) is 15.4. The van der Waals surface area contributed by atoms with Crippen molar-refractivity contribution in [2.45, 2.75) is 24.7 Å². The van der Waals surface area contributed by atoms with Crippen molar-refractivity contribution in [2.24, 2.45) is 0 Å². The lowest BCUT2D eigenvalue weighted by Gasteiger charge is -2.45. The van der Waals surface area contributed by atoms with E-state index in [0.717, 1.165) is 22.7 Å². The summed E-state index contributed by atoms with van der Waals surface area (Å²) in [6.45, 7) is 4.76. The molecular weight excluding hydrogens is 845 g/mol. The Labute approximate surface area is 410 Å². The number of para-hydroxylation sites is 3. The van der Waals surface area contributed by atoms with E-state index in [1.165, 1.54) is 100 Å². The van der Waals surface area contributed by atoms with Crippen LogP contribution in [0.3, 0.4) is 0 Å². The molecular formula is C68H48N2. The SMILES string of the molecule is CC1(C)c2ccccc2-c2ccc(N(c3ccc(-c4ccc(-c5ccc6ccccc6c5)cc4)cc3)c3cccc4c3-c3ccccc3C43c4ccccc4N(c4ccccc4)c4ccccc43)cc21. The lowest BCUT2D eigenvalue weighted by Crippen LogP contribution is -2.36. The number of hydrogen-bond acceptors (Lipinski definition) is 2. The molecule has 0 amide bonds. The molecule has 2 aliphatic carbocycles. The monoisotopic (exact) mass is 892 g/mol. The molecule has 330 valence electrons. The van der Waals surface area contributed by atoms with E-state index in [4.69, 9.17) is 0 Å². The van der Waals surface area contributed by atoms with Gasteiger partial charge in [-0.2, -0.15) is 0 Å². The van der Waals surface area contributed by atoms with Gasteiger partial charge in [-0.25, -0.2) is 0 Å². The van der Waals surface area contributed by atoms with Gasteiger partial charge in [0.15, 0.2) is 0 Å². The standard InChI is InChI=1S/C68H48N2/c1-67(2)57-23-10-8-21-54(57)55-42-41-53(44-62(55)67)69(52-39-37-47(38-40-52)46-31-33-48(34-32-46)50-36-35-45-17-6-7-18-49(45)43-50)65-30-16-27-61-66(65)56-22-9-11-24-58(56)68(61)59-25-12-14-28-63(59)70(51-19-4-3-5-20-51)64-29-15-13-26-60(64)68/h3-44H,1-2H3. The van der Waals surface area contributed by atoms with Gasteiger partial charge in [-0.1, -0.05) is 208 Å². The van der Waals surface area contributed by atoms with Gasteiger partial charge in [-0.05, 0) is 144 Å². The van der Waals surface area contributed by atoms with Crippen LogP contribution in [-0.2, 0) is 10.8 Å². The van der Waals surface area contributed by atoms with Crippen LogP contribution in [0.5, 0.6) is 0 Å². The predicted octanol–water partition coefficient (Wildman–Crippen LogP) is 18.1. The number of nitrogens with zero attached hydrogens (tertiary/aromatic N) is 2. The molecule has 0 saturated carbocycles. The van der Waals surface area contributed by atoms with Crippen LogP contribution in [0.15, 0.2) is 255 Å². The van der Waals surface area contributed by atoms with Gasteiger partial charge >= 0.3 is 0 Å².